The highest BCUT2D eigenvalue weighted by Gasteiger charge is 2.65. The standard InChI is InChI=1S/C15H19F3O/c1-8(2)12-11-4-9-3-10(5-11)7-14(12,6-9)13(19)15(16,17)18/h9-12H,1,3-7H2,2H3. The SMILES string of the molecule is C=C(C)C1C2CC3CC(C2)CC1(C(=O)C(F)(F)F)C3. The first kappa shape index (κ1) is 13.2. The predicted molar refractivity (Wildman–Crippen MR) is 65.4 cm³/mol. The summed E-state index contributed by atoms with van der Waals surface area (Å²) in [6.45, 7) is 5.68. The second kappa shape index (κ2) is 3.86. The Balaban J connectivity index is 2.05. The van der Waals surface area contributed by atoms with E-state index < -0.39 is 17.4 Å². The zero-order valence-corrected chi connectivity index (χ0v) is 11.1. The molecule has 4 heteroatoms. The van der Waals surface area contributed by atoms with Crippen LogP contribution in [-0.2, 0) is 4.79 Å². The highest BCUT2D eigenvalue weighted by Crippen LogP contribution is 2.65. The Morgan fingerprint density at radius 3 is 2.11 bits per heavy atom. The highest BCUT2D eigenvalue weighted by atomic mass is 19.4. The van der Waals surface area contributed by atoms with Crippen LogP contribution in [0, 0.1) is 29.1 Å². The third-order valence-corrected chi connectivity index (χ3v) is 5.55. The minimum Gasteiger partial charge on any atom is -0.289 e. The molecule has 0 aromatic rings. The van der Waals surface area contributed by atoms with Crippen LogP contribution >= 0.6 is 0 Å². The van der Waals surface area contributed by atoms with E-state index in [1.54, 1.807) is 6.92 Å². The molecule has 0 aromatic carbocycles. The molecule has 4 saturated carbocycles. The van der Waals surface area contributed by atoms with Crippen LogP contribution < -0.4 is 0 Å². The first-order valence-electron chi connectivity index (χ1n) is 7.01. The lowest BCUT2D eigenvalue weighted by Crippen LogP contribution is -2.59. The van der Waals surface area contributed by atoms with Crippen molar-refractivity contribution in [3.8, 4) is 0 Å². The maximum atomic E-state index is 13.0. The van der Waals surface area contributed by atoms with Crippen molar-refractivity contribution >= 4 is 5.78 Å². The number of hydrogen-bond acceptors (Lipinski definition) is 1. The summed E-state index contributed by atoms with van der Waals surface area (Å²) in [7, 11) is 0. The summed E-state index contributed by atoms with van der Waals surface area (Å²) in [5, 5.41) is 0. The lowest BCUT2D eigenvalue weighted by Gasteiger charge is -2.60. The summed E-state index contributed by atoms with van der Waals surface area (Å²) in [5.74, 6) is -0.852. The molecule has 106 valence electrons. The van der Waals surface area contributed by atoms with Crippen LogP contribution in [0.3, 0.4) is 0 Å². The van der Waals surface area contributed by atoms with Gasteiger partial charge in [0.15, 0.2) is 0 Å². The van der Waals surface area contributed by atoms with Crippen molar-refractivity contribution in [2.45, 2.75) is 45.2 Å². The van der Waals surface area contributed by atoms with Gasteiger partial charge >= 0.3 is 6.18 Å². The van der Waals surface area contributed by atoms with E-state index in [9.17, 15) is 18.0 Å². The quantitative estimate of drug-likeness (QED) is 0.691. The molecule has 1 nitrogen and oxygen atoms in total. The smallest absolute Gasteiger partial charge is 0.289 e. The maximum absolute atomic E-state index is 13.0. The van der Waals surface area contributed by atoms with Crippen molar-refractivity contribution in [3.05, 3.63) is 12.2 Å². The first-order valence-corrected chi connectivity index (χ1v) is 7.01. The van der Waals surface area contributed by atoms with Gasteiger partial charge < -0.3 is 0 Å². The number of alkyl halides is 3. The summed E-state index contributed by atoms with van der Waals surface area (Å²) >= 11 is 0. The summed E-state index contributed by atoms with van der Waals surface area (Å²) < 4.78 is 39.0. The van der Waals surface area contributed by atoms with Crippen LogP contribution in [0.1, 0.15) is 39.0 Å². The fourth-order valence-electron chi connectivity index (χ4n) is 5.52. The summed E-state index contributed by atoms with van der Waals surface area (Å²) in [5.41, 5.74) is -0.417. The van der Waals surface area contributed by atoms with Gasteiger partial charge in [-0.25, -0.2) is 0 Å². The molecule has 0 aliphatic heterocycles. The van der Waals surface area contributed by atoms with Crippen molar-refractivity contribution in [1.29, 1.82) is 0 Å². The molecule has 4 rings (SSSR count). The minimum absolute atomic E-state index is 0.245. The second-order valence-electron chi connectivity index (χ2n) is 6.91. The van der Waals surface area contributed by atoms with E-state index in [0.717, 1.165) is 24.8 Å². The van der Waals surface area contributed by atoms with Crippen LogP contribution in [0.15, 0.2) is 12.2 Å². The van der Waals surface area contributed by atoms with Crippen molar-refractivity contribution in [1.82, 2.24) is 0 Å². The Hall–Kier alpha value is -0.800. The van der Waals surface area contributed by atoms with E-state index in [1.807, 2.05) is 0 Å². The molecule has 0 spiro atoms. The molecule has 0 saturated heterocycles. The maximum Gasteiger partial charge on any atom is 0.450 e. The number of halogens is 3. The number of rotatable bonds is 2. The summed E-state index contributed by atoms with van der Waals surface area (Å²) in [6.07, 6.45) is -0.862. The minimum atomic E-state index is -4.71. The molecule has 3 unspecified atom stereocenters. The molecule has 4 aliphatic carbocycles. The Labute approximate surface area is 111 Å². The molecule has 19 heavy (non-hydrogen) atoms. The van der Waals surface area contributed by atoms with Gasteiger partial charge in [0, 0.05) is 5.41 Å². The fourth-order valence-corrected chi connectivity index (χ4v) is 5.52. The molecular weight excluding hydrogens is 253 g/mol. The topological polar surface area (TPSA) is 17.1 Å². The number of ketones is 1. The number of hydrogen-bond donors (Lipinski definition) is 0. The zero-order chi connectivity index (χ0) is 14.0. The molecule has 0 radical (unpaired) electrons. The van der Waals surface area contributed by atoms with Gasteiger partial charge in [0.25, 0.3) is 0 Å². The summed E-state index contributed by atoms with van der Waals surface area (Å²) in [4.78, 5) is 12.1. The van der Waals surface area contributed by atoms with E-state index in [1.165, 1.54) is 0 Å². The van der Waals surface area contributed by atoms with Gasteiger partial charge in [0.1, 0.15) is 0 Å². The number of carbonyl (C=O) groups is 1. The fraction of sp³-hybridized carbons (Fsp3) is 0.800. The molecular formula is C15H19F3O. The van der Waals surface area contributed by atoms with E-state index in [4.69, 9.17) is 0 Å². The highest BCUT2D eigenvalue weighted by molar-refractivity contribution is 5.91. The van der Waals surface area contributed by atoms with Gasteiger partial charge in [-0.15, -0.1) is 0 Å². The van der Waals surface area contributed by atoms with Crippen molar-refractivity contribution in [3.63, 3.8) is 0 Å². The van der Waals surface area contributed by atoms with Gasteiger partial charge in [0.05, 0.1) is 0 Å². The normalized spacial score (nSPS) is 44.4. The zero-order valence-electron chi connectivity index (χ0n) is 11.1. The Morgan fingerprint density at radius 2 is 1.68 bits per heavy atom. The third kappa shape index (κ3) is 1.78. The van der Waals surface area contributed by atoms with Crippen LogP contribution in [0.5, 0.6) is 0 Å². The average Bonchev–Trinajstić information content (AvgIpc) is 2.24. The lowest BCUT2D eigenvalue weighted by molar-refractivity contribution is -0.201. The Morgan fingerprint density at radius 1 is 1.16 bits per heavy atom. The van der Waals surface area contributed by atoms with Crippen molar-refractivity contribution in [2.24, 2.45) is 29.1 Å². The van der Waals surface area contributed by atoms with E-state index in [2.05, 4.69) is 6.58 Å². The molecule has 3 atom stereocenters. The number of Topliss-reactive ketones (excluding diaryl/α,β-unsaturated/α-hetero) is 1. The Bertz CT molecular complexity index is 423. The monoisotopic (exact) mass is 272 g/mol. The third-order valence-electron chi connectivity index (χ3n) is 5.55. The molecule has 0 heterocycles. The van der Waals surface area contributed by atoms with E-state index in [0.29, 0.717) is 24.7 Å². The molecule has 4 bridgehead atoms. The van der Waals surface area contributed by atoms with E-state index >= 15 is 0 Å². The van der Waals surface area contributed by atoms with Gasteiger partial charge in [-0.1, -0.05) is 12.2 Å². The van der Waals surface area contributed by atoms with Crippen LogP contribution in [-0.4, -0.2) is 12.0 Å². The van der Waals surface area contributed by atoms with Gasteiger partial charge in [-0.3, -0.25) is 4.79 Å². The van der Waals surface area contributed by atoms with Gasteiger partial charge in [-0.2, -0.15) is 13.2 Å². The number of allylic oxidation sites excluding steroid dienone is 1. The van der Waals surface area contributed by atoms with E-state index in [-0.39, 0.29) is 11.8 Å². The molecule has 4 aliphatic rings. The second-order valence-corrected chi connectivity index (χ2v) is 6.91. The van der Waals surface area contributed by atoms with Crippen LogP contribution in [0.25, 0.3) is 0 Å². The predicted octanol–water partition coefficient (Wildman–Crippen LogP) is 4.14. The van der Waals surface area contributed by atoms with Crippen LogP contribution in [0.4, 0.5) is 13.2 Å². The molecule has 0 amide bonds. The average molecular weight is 272 g/mol. The summed E-state index contributed by atoms with van der Waals surface area (Å²) in [6, 6.07) is 0. The van der Waals surface area contributed by atoms with Crippen molar-refractivity contribution in [2.75, 3.05) is 0 Å². The van der Waals surface area contributed by atoms with Gasteiger partial charge in [-0.05, 0) is 62.7 Å². The lowest BCUT2D eigenvalue weighted by atomic mass is 9.43. The van der Waals surface area contributed by atoms with Crippen molar-refractivity contribution < 1.29 is 18.0 Å². The van der Waals surface area contributed by atoms with Crippen LogP contribution in [0.2, 0.25) is 0 Å². The molecule has 0 N–H and O–H groups in total. The van der Waals surface area contributed by atoms with Gasteiger partial charge in [0.2, 0.25) is 5.78 Å². The molecule has 0 aromatic heterocycles. The molecule has 4 fully saturated rings. The largest absolute Gasteiger partial charge is 0.450 e. The number of carbonyl (C=O) groups excluding carboxylic acids is 1. The Kier molecular flexibility index (Phi) is 2.68. The first-order chi connectivity index (χ1) is 8.74.